The van der Waals surface area contributed by atoms with Crippen molar-refractivity contribution in [3.8, 4) is 16.9 Å². The molecule has 21 heavy (non-hydrogen) atoms. The summed E-state index contributed by atoms with van der Waals surface area (Å²) in [6.07, 6.45) is 0. The van der Waals surface area contributed by atoms with Gasteiger partial charge in [-0.05, 0) is 28.6 Å². The summed E-state index contributed by atoms with van der Waals surface area (Å²) in [6.45, 7) is 0. The Hall–Kier alpha value is -2.81. The highest BCUT2D eigenvalue weighted by Gasteiger charge is 2.12. The average Bonchev–Trinajstić information content (AvgIpc) is 2.54. The van der Waals surface area contributed by atoms with Crippen LogP contribution in [-0.2, 0) is 4.74 Å². The molecular weight excluding hydrogens is 264 g/mol. The number of aromatic hydroxyl groups is 1. The third kappa shape index (κ3) is 2.34. The highest BCUT2D eigenvalue weighted by Crippen LogP contribution is 2.34. The standard InChI is InChI=1S/C18H14O3/c1-21-18(20)13-10-16-14(12-6-3-2-4-7-12)8-5-9-15(16)17(19)11-13/h2-11,19H,1H3. The summed E-state index contributed by atoms with van der Waals surface area (Å²) in [5.74, 6) is -0.388. The summed E-state index contributed by atoms with van der Waals surface area (Å²) in [7, 11) is 1.33. The zero-order valence-corrected chi connectivity index (χ0v) is 11.5. The number of carbonyl (C=O) groups is 1. The maximum Gasteiger partial charge on any atom is 0.338 e. The summed E-state index contributed by atoms with van der Waals surface area (Å²) < 4.78 is 4.74. The van der Waals surface area contributed by atoms with E-state index in [0.29, 0.717) is 10.9 Å². The molecule has 0 radical (unpaired) electrons. The van der Waals surface area contributed by atoms with Gasteiger partial charge in [-0.25, -0.2) is 4.79 Å². The Morgan fingerprint density at radius 1 is 0.952 bits per heavy atom. The topological polar surface area (TPSA) is 46.5 Å². The molecule has 0 unspecified atom stereocenters. The summed E-state index contributed by atoms with van der Waals surface area (Å²) in [6, 6.07) is 18.7. The van der Waals surface area contributed by atoms with E-state index < -0.39 is 5.97 Å². The van der Waals surface area contributed by atoms with Crippen molar-refractivity contribution in [1.82, 2.24) is 0 Å². The van der Waals surface area contributed by atoms with Crippen LogP contribution >= 0.6 is 0 Å². The lowest BCUT2D eigenvalue weighted by molar-refractivity contribution is 0.0600. The van der Waals surface area contributed by atoms with Crippen LogP contribution in [0.15, 0.2) is 60.7 Å². The molecule has 3 nitrogen and oxygen atoms in total. The molecule has 0 bridgehead atoms. The number of phenols is 1. The maximum absolute atomic E-state index is 11.7. The zero-order valence-electron chi connectivity index (χ0n) is 11.5. The van der Waals surface area contributed by atoms with Crippen LogP contribution in [0.25, 0.3) is 21.9 Å². The van der Waals surface area contributed by atoms with Crippen molar-refractivity contribution in [2.24, 2.45) is 0 Å². The van der Waals surface area contributed by atoms with Crippen LogP contribution in [0.3, 0.4) is 0 Å². The number of ether oxygens (including phenoxy) is 1. The van der Waals surface area contributed by atoms with Crippen LogP contribution in [0.1, 0.15) is 10.4 Å². The largest absolute Gasteiger partial charge is 0.507 e. The van der Waals surface area contributed by atoms with Crippen molar-refractivity contribution >= 4 is 16.7 Å². The molecule has 0 saturated heterocycles. The molecule has 3 rings (SSSR count). The molecule has 104 valence electrons. The first-order chi connectivity index (χ1) is 10.2. The number of fused-ring (bicyclic) bond motifs is 1. The van der Waals surface area contributed by atoms with E-state index >= 15 is 0 Å². The fourth-order valence-corrected chi connectivity index (χ4v) is 2.47. The highest BCUT2D eigenvalue weighted by molar-refractivity contribution is 6.04. The first-order valence-electron chi connectivity index (χ1n) is 6.60. The Morgan fingerprint density at radius 2 is 1.71 bits per heavy atom. The molecule has 0 aliphatic rings. The summed E-state index contributed by atoms with van der Waals surface area (Å²) >= 11 is 0. The summed E-state index contributed by atoms with van der Waals surface area (Å²) in [5, 5.41) is 11.7. The number of hydrogen-bond donors (Lipinski definition) is 1. The molecule has 0 aliphatic carbocycles. The molecule has 3 aromatic rings. The second-order valence-corrected chi connectivity index (χ2v) is 4.75. The molecule has 0 aliphatic heterocycles. The Kier molecular flexibility index (Phi) is 3.32. The SMILES string of the molecule is COC(=O)c1cc(O)c2cccc(-c3ccccc3)c2c1. The molecular formula is C18H14O3. The van der Waals surface area contributed by atoms with Crippen LogP contribution in [0, 0.1) is 0 Å². The first-order valence-corrected chi connectivity index (χ1v) is 6.60. The number of phenolic OH excluding ortho intramolecular Hbond substituents is 1. The Bertz CT molecular complexity index is 807. The number of benzene rings is 3. The minimum Gasteiger partial charge on any atom is -0.507 e. The van der Waals surface area contributed by atoms with E-state index in [-0.39, 0.29) is 5.75 Å². The quantitative estimate of drug-likeness (QED) is 0.721. The second kappa shape index (κ2) is 5.29. The Balaban J connectivity index is 2.31. The van der Waals surface area contributed by atoms with Gasteiger partial charge in [0, 0.05) is 5.39 Å². The van der Waals surface area contributed by atoms with Gasteiger partial charge in [0.1, 0.15) is 5.75 Å². The van der Waals surface area contributed by atoms with E-state index in [4.69, 9.17) is 4.74 Å². The molecule has 0 spiro atoms. The zero-order chi connectivity index (χ0) is 14.8. The van der Waals surface area contributed by atoms with Gasteiger partial charge < -0.3 is 9.84 Å². The van der Waals surface area contributed by atoms with Gasteiger partial charge in [-0.2, -0.15) is 0 Å². The molecule has 3 aromatic carbocycles. The van der Waals surface area contributed by atoms with Crippen molar-refractivity contribution in [3.63, 3.8) is 0 Å². The smallest absolute Gasteiger partial charge is 0.338 e. The van der Waals surface area contributed by atoms with Crippen LogP contribution in [0.2, 0.25) is 0 Å². The van der Waals surface area contributed by atoms with E-state index in [1.54, 1.807) is 6.07 Å². The number of methoxy groups -OCH3 is 1. The van der Waals surface area contributed by atoms with E-state index in [0.717, 1.165) is 16.5 Å². The van der Waals surface area contributed by atoms with Crippen molar-refractivity contribution in [3.05, 3.63) is 66.2 Å². The maximum atomic E-state index is 11.7. The molecule has 0 heterocycles. The number of hydrogen-bond acceptors (Lipinski definition) is 3. The lowest BCUT2D eigenvalue weighted by Gasteiger charge is -2.10. The van der Waals surface area contributed by atoms with Crippen molar-refractivity contribution in [2.75, 3.05) is 7.11 Å². The fraction of sp³-hybridized carbons (Fsp3) is 0.0556. The minimum absolute atomic E-state index is 0.0747. The van der Waals surface area contributed by atoms with Crippen molar-refractivity contribution < 1.29 is 14.6 Å². The molecule has 1 N–H and O–H groups in total. The molecule has 0 atom stereocenters. The van der Waals surface area contributed by atoms with E-state index in [1.165, 1.54) is 13.2 Å². The van der Waals surface area contributed by atoms with Gasteiger partial charge in [-0.1, -0.05) is 48.5 Å². The predicted molar refractivity (Wildman–Crippen MR) is 82.4 cm³/mol. The molecule has 3 heteroatoms. The molecule has 0 saturated carbocycles. The normalized spacial score (nSPS) is 10.5. The van der Waals surface area contributed by atoms with Gasteiger partial charge in [0.05, 0.1) is 12.7 Å². The van der Waals surface area contributed by atoms with Crippen LogP contribution in [-0.4, -0.2) is 18.2 Å². The van der Waals surface area contributed by atoms with Gasteiger partial charge in [0.15, 0.2) is 0 Å². The van der Waals surface area contributed by atoms with Gasteiger partial charge in [0.2, 0.25) is 0 Å². The van der Waals surface area contributed by atoms with Crippen molar-refractivity contribution in [1.29, 1.82) is 0 Å². The molecule has 0 fully saturated rings. The van der Waals surface area contributed by atoms with Gasteiger partial charge in [-0.3, -0.25) is 0 Å². The van der Waals surface area contributed by atoms with Crippen LogP contribution in [0.5, 0.6) is 5.75 Å². The minimum atomic E-state index is -0.463. The summed E-state index contributed by atoms with van der Waals surface area (Å²) in [5.41, 5.74) is 2.34. The number of carbonyl (C=O) groups excluding carboxylic acids is 1. The lowest BCUT2D eigenvalue weighted by atomic mass is 9.96. The molecule has 0 amide bonds. The van der Waals surface area contributed by atoms with E-state index in [1.807, 2.05) is 48.5 Å². The second-order valence-electron chi connectivity index (χ2n) is 4.75. The number of rotatable bonds is 2. The Labute approximate surface area is 122 Å². The lowest BCUT2D eigenvalue weighted by Crippen LogP contribution is -2.01. The predicted octanol–water partition coefficient (Wildman–Crippen LogP) is 4.00. The molecule has 0 aromatic heterocycles. The van der Waals surface area contributed by atoms with Gasteiger partial charge in [0.25, 0.3) is 0 Å². The summed E-state index contributed by atoms with van der Waals surface area (Å²) in [4.78, 5) is 11.7. The van der Waals surface area contributed by atoms with Crippen LogP contribution < -0.4 is 0 Å². The third-order valence-electron chi connectivity index (χ3n) is 3.48. The fourth-order valence-electron chi connectivity index (χ4n) is 2.47. The average molecular weight is 278 g/mol. The van der Waals surface area contributed by atoms with Crippen molar-refractivity contribution in [2.45, 2.75) is 0 Å². The third-order valence-corrected chi connectivity index (χ3v) is 3.48. The van der Waals surface area contributed by atoms with Crippen LogP contribution in [0.4, 0.5) is 0 Å². The van der Waals surface area contributed by atoms with E-state index in [9.17, 15) is 9.90 Å². The Morgan fingerprint density at radius 3 is 2.43 bits per heavy atom. The van der Waals surface area contributed by atoms with Gasteiger partial charge >= 0.3 is 5.97 Å². The monoisotopic (exact) mass is 278 g/mol. The first kappa shape index (κ1) is 13.2. The van der Waals surface area contributed by atoms with E-state index in [2.05, 4.69) is 0 Å². The van der Waals surface area contributed by atoms with Gasteiger partial charge in [-0.15, -0.1) is 0 Å². The highest BCUT2D eigenvalue weighted by atomic mass is 16.5. The number of esters is 1.